The van der Waals surface area contributed by atoms with Gasteiger partial charge in [0.25, 0.3) is 0 Å². The third-order valence-electron chi connectivity index (χ3n) is 2.64. The van der Waals surface area contributed by atoms with Crippen molar-refractivity contribution < 1.29 is 14.3 Å². The summed E-state index contributed by atoms with van der Waals surface area (Å²) in [5, 5.41) is 0. The number of hydrogen-bond donors (Lipinski definition) is 0. The van der Waals surface area contributed by atoms with Crippen LogP contribution in [0.1, 0.15) is 23.0 Å². The van der Waals surface area contributed by atoms with Gasteiger partial charge in [0.2, 0.25) is 5.88 Å². The van der Waals surface area contributed by atoms with E-state index in [2.05, 4.69) is 4.98 Å². The van der Waals surface area contributed by atoms with Crippen molar-refractivity contribution in [3.8, 4) is 11.6 Å². The molecule has 0 N–H and O–H groups in total. The van der Waals surface area contributed by atoms with E-state index in [-0.39, 0.29) is 5.78 Å². The first kappa shape index (κ1) is 13.1. The van der Waals surface area contributed by atoms with Crippen molar-refractivity contribution in [2.24, 2.45) is 0 Å². The zero-order chi connectivity index (χ0) is 13.7. The average Bonchev–Trinajstić information content (AvgIpc) is 2.46. The van der Waals surface area contributed by atoms with Gasteiger partial charge in [-0.25, -0.2) is 4.98 Å². The van der Waals surface area contributed by atoms with E-state index in [1.54, 1.807) is 37.4 Å². The Hall–Kier alpha value is -2.36. The Bertz CT molecular complexity index is 564. The predicted octanol–water partition coefficient (Wildman–Crippen LogP) is 2.87. The van der Waals surface area contributed by atoms with Crippen LogP contribution in [0.15, 0.2) is 42.5 Å². The first-order chi connectivity index (χ1) is 9.19. The largest absolute Gasteiger partial charge is 0.487 e. The van der Waals surface area contributed by atoms with Crippen LogP contribution in [0, 0.1) is 0 Å². The summed E-state index contributed by atoms with van der Waals surface area (Å²) in [6.07, 6.45) is 0. The Kier molecular flexibility index (Phi) is 4.13. The van der Waals surface area contributed by atoms with Crippen LogP contribution in [0.2, 0.25) is 0 Å². The zero-order valence-electron chi connectivity index (χ0n) is 10.9. The monoisotopic (exact) mass is 257 g/mol. The second kappa shape index (κ2) is 6.00. The molecule has 0 amide bonds. The van der Waals surface area contributed by atoms with Crippen LogP contribution in [-0.4, -0.2) is 17.9 Å². The van der Waals surface area contributed by atoms with Crippen molar-refractivity contribution in [1.82, 2.24) is 4.98 Å². The Morgan fingerprint density at radius 2 is 1.89 bits per heavy atom. The molecular weight excluding hydrogens is 242 g/mol. The van der Waals surface area contributed by atoms with E-state index in [1.807, 2.05) is 12.1 Å². The lowest BCUT2D eigenvalue weighted by atomic mass is 10.1. The van der Waals surface area contributed by atoms with E-state index in [4.69, 9.17) is 9.47 Å². The summed E-state index contributed by atoms with van der Waals surface area (Å²) < 4.78 is 10.6. The highest BCUT2D eigenvalue weighted by Crippen LogP contribution is 2.15. The van der Waals surface area contributed by atoms with Crippen molar-refractivity contribution in [3.63, 3.8) is 0 Å². The van der Waals surface area contributed by atoms with Crippen molar-refractivity contribution in [2.45, 2.75) is 13.5 Å². The third-order valence-corrected chi connectivity index (χ3v) is 2.64. The molecule has 4 heteroatoms. The molecule has 0 saturated heterocycles. The molecule has 0 unspecified atom stereocenters. The highest BCUT2D eigenvalue weighted by Gasteiger charge is 2.01. The maximum absolute atomic E-state index is 11.1. The number of ether oxygens (including phenoxy) is 2. The lowest BCUT2D eigenvalue weighted by molar-refractivity contribution is 0.101. The number of nitrogens with zero attached hydrogens (tertiary/aromatic N) is 1. The maximum atomic E-state index is 11.1. The highest BCUT2D eigenvalue weighted by atomic mass is 16.5. The Morgan fingerprint density at radius 3 is 2.53 bits per heavy atom. The summed E-state index contributed by atoms with van der Waals surface area (Å²) in [7, 11) is 1.58. The number of rotatable bonds is 5. The number of methoxy groups -OCH3 is 1. The number of ketones is 1. The number of Topliss-reactive ketones (excluding diaryl/α,β-unsaturated/α-hetero) is 1. The Labute approximate surface area is 112 Å². The average molecular weight is 257 g/mol. The van der Waals surface area contributed by atoms with E-state index < -0.39 is 0 Å². The van der Waals surface area contributed by atoms with Gasteiger partial charge in [-0.05, 0) is 37.3 Å². The molecule has 0 aliphatic heterocycles. The second-order valence-electron chi connectivity index (χ2n) is 4.04. The van der Waals surface area contributed by atoms with Gasteiger partial charge in [-0.15, -0.1) is 0 Å². The van der Waals surface area contributed by atoms with Crippen LogP contribution < -0.4 is 9.47 Å². The molecule has 98 valence electrons. The van der Waals surface area contributed by atoms with Gasteiger partial charge in [-0.2, -0.15) is 0 Å². The molecule has 0 spiro atoms. The van der Waals surface area contributed by atoms with Crippen molar-refractivity contribution in [1.29, 1.82) is 0 Å². The predicted molar refractivity (Wildman–Crippen MR) is 71.6 cm³/mol. The van der Waals surface area contributed by atoms with Gasteiger partial charge in [0.15, 0.2) is 5.78 Å². The molecule has 0 atom stereocenters. The van der Waals surface area contributed by atoms with E-state index >= 15 is 0 Å². The summed E-state index contributed by atoms with van der Waals surface area (Å²) >= 11 is 0. The number of carbonyl (C=O) groups excluding carboxylic acids is 1. The summed E-state index contributed by atoms with van der Waals surface area (Å²) in [5.41, 5.74) is 1.46. The molecule has 0 saturated carbocycles. The number of carbonyl (C=O) groups is 1. The van der Waals surface area contributed by atoms with E-state index in [9.17, 15) is 4.79 Å². The minimum Gasteiger partial charge on any atom is -0.487 e. The van der Waals surface area contributed by atoms with Crippen molar-refractivity contribution in [3.05, 3.63) is 53.7 Å². The molecule has 2 aromatic rings. The minimum atomic E-state index is 0.0426. The normalized spacial score (nSPS) is 10.0. The first-order valence-electron chi connectivity index (χ1n) is 5.93. The van der Waals surface area contributed by atoms with Gasteiger partial charge < -0.3 is 9.47 Å². The molecule has 4 nitrogen and oxygen atoms in total. The molecule has 0 radical (unpaired) electrons. The topological polar surface area (TPSA) is 48.4 Å². The molecule has 0 aliphatic rings. The van der Waals surface area contributed by atoms with Crippen LogP contribution in [-0.2, 0) is 6.61 Å². The molecule has 0 aliphatic carbocycles. The highest BCUT2D eigenvalue weighted by molar-refractivity contribution is 5.94. The van der Waals surface area contributed by atoms with Crippen LogP contribution in [0.25, 0.3) is 0 Å². The van der Waals surface area contributed by atoms with Crippen LogP contribution >= 0.6 is 0 Å². The molecule has 1 aromatic carbocycles. The van der Waals surface area contributed by atoms with E-state index in [0.29, 0.717) is 23.8 Å². The smallest absolute Gasteiger partial charge is 0.213 e. The van der Waals surface area contributed by atoms with Crippen LogP contribution in [0.5, 0.6) is 11.6 Å². The molecule has 19 heavy (non-hydrogen) atoms. The quantitative estimate of drug-likeness (QED) is 0.773. The van der Waals surface area contributed by atoms with Gasteiger partial charge >= 0.3 is 0 Å². The maximum Gasteiger partial charge on any atom is 0.213 e. The lowest BCUT2D eigenvalue weighted by Crippen LogP contribution is -2.00. The number of aromatic nitrogens is 1. The Balaban J connectivity index is 1.99. The van der Waals surface area contributed by atoms with Crippen molar-refractivity contribution in [2.75, 3.05) is 7.11 Å². The molecule has 0 bridgehead atoms. The van der Waals surface area contributed by atoms with Gasteiger partial charge in [0, 0.05) is 11.6 Å². The number of pyridine rings is 1. The van der Waals surface area contributed by atoms with Crippen LogP contribution in [0.3, 0.4) is 0 Å². The summed E-state index contributed by atoms with van der Waals surface area (Å²) in [6, 6.07) is 12.6. The first-order valence-corrected chi connectivity index (χ1v) is 5.93. The van der Waals surface area contributed by atoms with Crippen molar-refractivity contribution >= 4 is 5.78 Å². The number of benzene rings is 1. The van der Waals surface area contributed by atoms with Gasteiger partial charge in [-0.1, -0.05) is 6.07 Å². The standard InChI is InChI=1S/C15H15NO3/c1-11(17)12-6-8-14(9-7-12)19-10-13-4-3-5-15(16-13)18-2/h3-9H,10H2,1-2H3. The third kappa shape index (κ3) is 3.55. The van der Waals surface area contributed by atoms with Gasteiger partial charge in [0.1, 0.15) is 12.4 Å². The fourth-order valence-electron chi connectivity index (χ4n) is 1.59. The molecule has 0 fully saturated rings. The summed E-state index contributed by atoms with van der Waals surface area (Å²) in [5.74, 6) is 1.31. The number of hydrogen-bond acceptors (Lipinski definition) is 4. The van der Waals surface area contributed by atoms with Gasteiger partial charge in [-0.3, -0.25) is 4.79 Å². The lowest BCUT2D eigenvalue weighted by Gasteiger charge is -2.07. The van der Waals surface area contributed by atoms with Gasteiger partial charge in [0.05, 0.1) is 12.8 Å². The fourth-order valence-corrected chi connectivity index (χ4v) is 1.59. The minimum absolute atomic E-state index is 0.0426. The summed E-state index contributed by atoms with van der Waals surface area (Å²) in [6.45, 7) is 1.90. The summed E-state index contributed by atoms with van der Waals surface area (Å²) in [4.78, 5) is 15.4. The fraction of sp³-hybridized carbons (Fsp3) is 0.200. The van der Waals surface area contributed by atoms with Crippen LogP contribution in [0.4, 0.5) is 0 Å². The SMILES string of the molecule is COc1cccc(COc2ccc(C(C)=O)cc2)n1. The molecule has 2 rings (SSSR count). The van der Waals surface area contributed by atoms with E-state index in [1.165, 1.54) is 6.92 Å². The molecular formula is C15H15NO3. The van der Waals surface area contributed by atoms with E-state index in [0.717, 1.165) is 5.69 Å². The molecule has 1 aromatic heterocycles. The Morgan fingerprint density at radius 1 is 1.16 bits per heavy atom. The zero-order valence-corrected chi connectivity index (χ0v) is 10.9. The second-order valence-corrected chi connectivity index (χ2v) is 4.04. The molecule has 1 heterocycles.